The average Bonchev–Trinajstić information content (AvgIpc) is 2.60. The van der Waals surface area contributed by atoms with Gasteiger partial charge in [-0.25, -0.2) is 4.39 Å². The monoisotopic (exact) mass is 335 g/mol. The molecule has 0 unspecified atom stereocenters. The minimum atomic E-state index is -0.421. The van der Waals surface area contributed by atoms with Crippen molar-refractivity contribution in [2.75, 3.05) is 5.32 Å². The van der Waals surface area contributed by atoms with Gasteiger partial charge in [0.1, 0.15) is 5.82 Å². The molecule has 3 rings (SSSR count). The third kappa shape index (κ3) is 3.90. The van der Waals surface area contributed by atoms with Gasteiger partial charge in [0.25, 0.3) is 5.56 Å². The second-order valence-electron chi connectivity index (χ2n) is 5.60. The molecule has 1 heterocycles. The molecular weight excluding hydrogens is 321 g/mol. The Morgan fingerprint density at radius 1 is 1.20 bits per heavy atom. The summed E-state index contributed by atoms with van der Waals surface area (Å²) >= 11 is 0. The summed E-state index contributed by atoms with van der Waals surface area (Å²) in [5.41, 5.74) is 1.53. The Morgan fingerprint density at radius 2 is 2.04 bits per heavy atom. The Balaban J connectivity index is 1.70. The molecule has 3 aromatic rings. The number of nitrogens with one attached hydrogen (secondary N) is 2. The first kappa shape index (κ1) is 16.4. The number of aromatic amines is 1. The van der Waals surface area contributed by atoms with E-state index in [2.05, 4.69) is 10.3 Å². The number of rotatable bonds is 4. The maximum absolute atomic E-state index is 13.2. The largest absolute Gasteiger partial charge is 0.326 e. The number of aromatic nitrogens is 1. The van der Waals surface area contributed by atoms with Crippen LogP contribution in [-0.2, 0) is 11.2 Å². The van der Waals surface area contributed by atoms with Crippen LogP contribution in [0, 0.1) is 17.1 Å². The number of benzene rings is 2. The van der Waals surface area contributed by atoms with Crippen molar-refractivity contribution in [3.8, 4) is 6.07 Å². The molecule has 0 aliphatic heterocycles. The summed E-state index contributed by atoms with van der Waals surface area (Å²) in [4.78, 5) is 26.7. The molecule has 0 aliphatic rings. The van der Waals surface area contributed by atoms with Crippen molar-refractivity contribution in [1.82, 2.24) is 4.98 Å². The van der Waals surface area contributed by atoms with Gasteiger partial charge >= 0.3 is 0 Å². The number of hydrogen-bond donors (Lipinski definition) is 2. The van der Waals surface area contributed by atoms with Gasteiger partial charge in [-0.1, -0.05) is 6.07 Å². The van der Waals surface area contributed by atoms with Gasteiger partial charge in [-0.15, -0.1) is 0 Å². The van der Waals surface area contributed by atoms with Crippen molar-refractivity contribution >= 4 is 22.5 Å². The molecule has 5 nitrogen and oxygen atoms in total. The Kier molecular flexibility index (Phi) is 4.57. The summed E-state index contributed by atoms with van der Waals surface area (Å²) in [6.07, 6.45) is 0.374. The number of nitrogens with zero attached hydrogens (tertiary/aromatic N) is 1. The van der Waals surface area contributed by atoms with Crippen LogP contribution in [0.5, 0.6) is 0 Å². The number of carbonyl (C=O) groups excluding carboxylic acids is 1. The van der Waals surface area contributed by atoms with E-state index in [-0.39, 0.29) is 24.3 Å². The van der Waals surface area contributed by atoms with E-state index in [1.807, 2.05) is 6.07 Å². The fraction of sp³-hybridized carbons (Fsp3) is 0.105. The number of hydrogen-bond acceptors (Lipinski definition) is 3. The molecular formula is C19H14FN3O2. The zero-order valence-corrected chi connectivity index (χ0v) is 13.2. The lowest BCUT2D eigenvalue weighted by Gasteiger charge is -2.06. The number of fused-ring (bicyclic) bond motifs is 1. The third-order valence-corrected chi connectivity index (χ3v) is 3.78. The highest BCUT2D eigenvalue weighted by Gasteiger charge is 2.08. The summed E-state index contributed by atoms with van der Waals surface area (Å²) in [7, 11) is 0. The van der Waals surface area contributed by atoms with E-state index >= 15 is 0 Å². The number of carbonyl (C=O) groups is 1. The molecule has 0 saturated carbocycles. The molecule has 0 aliphatic carbocycles. The van der Waals surface area contributed by atoms with Gasteiger partial charge in [-0.2, -0.15) is 5.26 Å². The van der Waals surface area contributed by atoms with Gasteiger partial charge in [-0.05, 0) is 54.3 Å². The smallest absolute Gasteiger partial charge is 0.251 e. The third-order valence-electron chi connectivity index (χ3n) is 3.78. The normalized spacial score (nSPS) is 10.4. The quantitative estimate of drug-likeness (QED) is 0.768. The molecule has 1 aromatic heterocycles. The van der Waals surface area contributed by atoms with Crippen molar-refractivity contribution < 1.29 is 9.18 Å². The molecule has 2 N–H and O–H groups in total. The number of H-pyrrole nitrogens is 1. The van der Waals surface area contributed by atoms with Crippen LogP contribution in [0.2, 0.25) is 0 Å². The van der Waals surface area contributed by atoms with Crippen molar-refractivity contribution in [1.29, 1.82) is 5.26 Å². The minimum Gasteiger partial charge on any atom is -0.326 e. The second-order valence-corrected chi connectivity index (χ2v) is 5.60. The lowest BCUT2D eigenvalue weighted by Crippen LogP contribution is -2.17. The van der Waals surface area contributed by atoms with E-state index < -0.39 is 5.82 Å². The number of pyridine rings is 1. The Labute approximate surface area is 142 Å². The van der Waals surface area contributed by atoms with Crippen LogP contribution in [0.4, 0.5) is 10.1 Å². The maximum Gasteiger partial charge on any atom is 0.251 e. The van der Waals surface area contributed by atoms with Gasteiger partial charge < -0.3 is 10.3 Å². The first-order chi connectivity index (χ1) is 12.0. The topological polar surface area (TPSA) is 85.8 Å². The van der Waals surface area contributed by atoms with E-state index in [0.29, 0.717) is 27.7 Å². The van der Waals surface area contributed by atoms with Gasteiger partial charge in [0.05, 0.1) is 17.1 Å². The molecule has 0 fully saturated rings. The van der Waals surface area contributed by atoms with Crippen LogP contribution in [0.3, 0.4) is 0 Å². The highest BCUT2D eigenvalue weighted by atomic mass is 19.1. The Bertz CT molecular complexity index is 1050. The lowest BCUT2D eigenvalue weighted by atomic mass is 10.1. The number of anilines is 1. The van der Waals surface area contributed by atoms with Crippen molar-refractivity contribution in [2.24, 2.45) is 0 Å². The van der Waals surface area contributed by atoms with Crippen LogP contribution >= 0.6 is 0 Å². The number of amides is 1. The van der Waals surface area contributed by atoms with Gasteiger partial charge in [0.15, 0.2) is 0 Å². The number of aryl methyl sites for hydroxylation is 1. The van der Waals surface area contributed by atoms with Crippen LogP contribution in [-0.4, -0.2) is 10.9 Å². The van der Waals surface area contributed by atoms with E-state index in [4.69, 9.17) is 5.26 Å². The zero-order chi connectivity index (χ0) is 17.8. The molecule has 0 radical (unpaired) electrons. The molecule has 0 spiro atoms. The fourth-order valence-corrected chi connectivity index (χ4v) is 2.54. The molecule has 1 amide bonds. The lowest BCUT2D eigenvalue weighted by molar-refractivity contribution is -0.116. The Morgan fingerprint density at radius 3 is 2.84 bits per heavy atom. The summed E-state index contributed by atoms with van der Waals surface area (Å²) in [6.45, 7) is 0. The summed E-state index contributed by atoms with van der Waals surface area (Å²) in [5, 5.41) is 12.3. The van der Waals surface area contributed by atoms with E-state index in [1.54, 1.807) is 36.4 Å². The summed E-state index contributed by atoms with van der Waals surface area (Å²) < 4.78 is 13.2. The second kappa shape index (κ2) is 6.97. The fourth-order valence-electron chi connectivity index (χ4n) is 2.54. The van der Waals surface area contributed by atoms with Crippen molar-refractivity contribution in [3.05, 3.63) is 75.8 Å². The van der Waals surface area contributed by atoms with Crippen LogP contribution in [0.1, 0.15) is 17.5 Å². The Hall–Kier alpha value is -3.46. The molecule has 0 bridgehead atoms. The van der Waals surface area contributed by atoms with Crippen molar-refractivity contribution in [2.45, 2.75) is 12.8 Å². The van der Waals surface area contributed by atoms with Crippen molar-refractivity contribution in [3.63, 3.8) is 0 Å². The highest BCUT2D eigenvalue weighted by molar-refractivity contribution is 5.91. The molecule has 6 heteroatoms. The predicted octanol–water partition coefficient (Wildman–Crippen LogP) is 3.11. The van der Waals surface area contributed by atoms with E-state index in [1.165, 1.54) is 12.1 Å². The summed E-state index contributed by atoms with van der Waals surface area (Å²) in [5.74, 6) is -0.677. The maximum atomic E-state index is 13.2. The average molecular weight is 335 g/mol. The van der Waals surface area contributed by atoms with Gasteiger partial charge in [0, 0.05) is 17.7 Å². The van der Waals surface area contributed by atoms with Crippen LogP contribution in [0.15, 0.2) is 53.3 Å². The predicted molar refractivity (Wildman–Crippen MR) is 92.6 cm³/mol. The van der Waals surface area contributed by atoms with Gasteiger partial charge in [-0.3, -0.25) is 9.59 Å². The molecule has 25 heavy (non-hydrogen) atoms. The van der Waals surface area contributed by atoms with E-state index in [9.17, 15) is 14.0 Å². The molecule has 2 aromatic carbocycles. The van der Waals surface area contributed by atoms with Crippen LogP contribution in [0.25, 0.3) is 10.9 Å². The zero-order valence-electron chi connectivity index (χ0n) is 13.2. The highest BCUT2D eigenvalue weighted by Crippen LogP contribution is 2.14. The first-order valence-corrected chi connectivity index (χ1v) is 7.66. The standard InChI is InChI=1S/C19H14FN3O2/c20-15-6-4-13-9-14(19(25)23-17(13)10-15)5-7-18(24)22-16-3-1-2-12(8-16)11-21/h1-4,6,8-10H,5,7H2,(H,22,24)(H,23,25). The molecule has 0 saturated heterocycles. The number of halogens is 1. The van der Waals surface area contributed by atoms with Crippen LogP contribution < -0.4 is 10.9 Å². The SMILES string of the molecule is N#Cc1cccc(NC(=O)CCc2cc3ccc(F)cc3[nH]c2=O)c1. The molecule has 0 atom stereocenters. The molecule has 124 valence electrons. The summed E-state index contributed by atoms with van der Waals surface area (Å²) in [6, 6.07) is 14.4. The number of nitriles is 1. The first-order valence-electron chi connectivity index (χ1n) is 7.66. The van der Waals surface area contributed by atoms with Gasteiger partial charge in [0.2, 0.25) is 5.91 Å². The minimum absolute atomic E-state index is 0.118. The van der Waals surface area contributed by atoms with E-state index in [0.717, 1.165) is 0 Å².